The maximum Gasteiger partial charge on any atom is 0.338 e. The van der Waals surface area contributed by atoms with Crippen LogP contribution in [0.15, 0.2) is 65.6 Å². The zero-order valence-electron chi connectivity index (χ0n) is 20.2. The molecule has 0 spiro atoms. The van der Waals surface area contributed by atoms with Crippen LogP contribution in [0.5, 0.6) is 0 Å². The summed E-state index contributed by atoms with van der Waals surface area (Å²) in [6.45, 7) is 3.94. The van der Waals surface area contributed by atoms with E-state index in [-0.39, 0.29) is 17.1 Å². The van der Waals surface area contributed by atoms with Gasteiger partial charge in [0.05, 0.1) is 29.3 Å². The second kappa shape index (κ2) is 12.9. The SMILES string of the molecule is CCOC(=O)c1ccc(NC(=O)C(CC)Sc2cccc(NC(=O)C3CC=CCC3C(=O)O)c2)cc1. The van der Waals surface area contributed by atoms with Gasteiger partial charge >= 0.3 is 11.9 Å². The van der Waals surface area contributed by atoms with Crippen molar-refractivity contribution in [3.63, 3.8) is 0 Å². The number of anilines is 2. The fraction of sp³-hybridized carbons (Fsp3) is 0.333. The van der Waals surface area contributed by atoms with Crippen molar-refractivity contribution in [1.82, 2.24) is 0 Å². The molecule has 0 heterocycles. The van der Waals surface area contributed by atoms with Gasteiger partial charge in [-0.25, -0.2) is 4.79 Å². The Kier molecular flexibility index (Phi) is 9.69. The molecule has 2 aromatic rings. The summed E-state index contributed by atoms with van der Waals surface area (Å²) in [5.41, 5.74) is 1.53. The Balaban J connectivity index is 1.62. The van der Waals surface area contributed by atoms with Crippen LogP contribution in [-0.4, -0.2) is 40.7 Å². The predicted molar refractivity (Wildman–Crippen MR) is 139 cm³/mol. The number of carboxylic acids is 1. The third-order valence-corrected chi connectivity index (χ3v) is 7.15. The van der Waals surface area contributed by atoms with Crippen molar-refractivity contribution in [3.8, 4) is 0 Å². The lowest BCUT2D eigenvalue weighted by molar-refractivity contribution is -0.146. The molecule has 0 aliphatic heterocycles. The monoisotopic (exact) mass is 510 g/mol. The lowest BCUT2D eigenvalue weighted by Gasteiger charge is -2.24. The summed E-state index contributed by atoms with van der Waals surface area (Å²) >= 11 is 1.37. The molecule has 3 rings (SSSR count). The number of allylic oxidation sites excluding steroid dienone is 2. The van der Waals surface area contributed by atoms with E-state index >= 15 is 0 Å². The van der Waals surface area contributed by atoms with E-state index in [0.717, 1.165) is 4.90 Å². The van der Waals surface area contributed by atoms with E-state index in [1.54, 1.807) is 55.5 Å². The number of carbonyl (C=O) groups excluding carboxylic acids is 3. The van der Waals surface area contributed by atoms with E-state index in [9.17, 15) is 24.3 Å². The average molecular weight is 511 g/mol. The Morgan fingerprint density at radius 2 is 1.67 bits per heavy atom. The maximum atomic E-state index is 12.9. The zero-order chi connectivity index (χ0) is 26.1. The molecule has 9 heteroatoms. The fourth-order valence-electron chi connectivity index (χ4n) is 3.87. The minimum atomic E-state index is -0.976. The number of thioether (sulfide) groups is 1. The molecular formula is C27H30N2O6S. The number of amides is 2. The highest BCUT2D eigenvalue weighted by molar-refractivity contribution is 8.00. The van der Waals surface area contributed by atoms with Gasteiger partial charge < -0.3 is 20.5 Å². The third-order valence-electron chi connectivity index (χ3n) is 5.79. The first-order valence-corrected chi connectivity index (χ1v) is 12.7. The summed E-state index contributed by atoms with van der Waals surface area (Å²) in [6.07, 6.45) is 4.93. The van der Waals surface area contributed by atoms with Crippen LogP contribution < -0.4 is 10.6 Å². The van der Waals surface area contributed by atoms with Gasteiger partial charge in [-0.1, -0.05) is 25.1 Å². The highest BCUT2D eigenvalue weighted by Crippen LogP contribution is 2.30. The lowest BCUT2D eigenvalue weighted by Crippen LogP contribution is -2.34. The van der Waals surface area contributed by atoms with Gasteiger partial charge in [-0.15, -0.1) is 11.8 Å². The van der Waals surface area contributed by atoms with Crippen LogP contribution in [0.25, 0.3) is 0 Å². The molecule has 0 radical (unpaired) electrons. The second-order valence-electron chi connectivity index (χ2n) is 8.31. The van der Waals surface area contributed by atoms with Gasteiger partial charge in [-0.2, -0.15) is 0 Å². The standard InChI is InChI=1S/C27H30N2O6S/c1-3-23(25(31)28-18-14-12-17(13-15-18)27(34)35-4-2)36-20-9-7-8-19(16-20)29-24(30)21-10-5-6-11-22(21)26(32)33/h5-9,12-16,21-23H,3-4,10-11H2,1-2H3,(H,28,31)(H,29,30)(H,32,33). The van der Waals surface area contributed by atoms with Crippen LogP contribution in [0.3, 0.4) is 0 Å². The van der Waals surface area contributed by atoms with Gasteiger partial charge in [-0.05, 0) is 68.7 Å². The highest BCUT2D eigenvalue weighted by atomic mass is 32.2. The summed E-state index contributed by atoms with van der Waals surface area (Å²) in [4.78, 5) is 49.8. The molecule has 3 atom stereocenters. The normalized spacial score (nSPS) is 17.6. The molecule has 1 aliphatic rings. The molecule has 0 saturated heterocycles. The van der Waals surface area contributed by atoms with Crippen molar-refractivity contribution < 1.29 is 29.0 Å². The number of hydrogen-bond acceptors (Lipinski definition) is 6. The van der Waals surface area contributed by atoms with Gasteiger partial charge in [0.1, 0.15) is 0 Å². The third kappa shape index (κ3) is 7.21. The largest absolute Gasteiger partial charge is 0.481 e. The van der Waals surface area contributed by atoms with Crippen LogP contribution >= 0.6 is 11.8 Å². The first-order chi connectivity index (χ1) is 17.3. The van der Waals surface area contributed by atoms with Crippen molar-refractivity contribution in [2.45, 2.75) is 43.3 Å². The molecule has 3 unspecified atom stereocenters. The number of benzene rings is 2. The summed E-state index contributed by atoms with van der Waals surface area (Å²) in [6, 6.07) is 13.7. The quantitative estimate of drug-likeness (QED) is 0.234. The number of carbonyl (C=O) groups is 4. The highest BCUT2D eigenvalue weighted by Gasteiger charge is 2.34. The van der Waals surface area contributed by atoms with Crippen LogP contribution in [0.4, 0.5) is 11.4 Å². The van der Waals surface area contributed by atoms with Gasteiger partial charge in [0, 0.05) is 16.3 Å². The zero-order valence-corrected chi connectivity index (χ0v) is 21.0. The molecule has 3 N–H and O–H groups in total. The minimum absolute atomic E-state index is 0.181. The van der Waals surface area contributed by atoms with Crippen LogP contribution in [0, 0.1) is 11.8 Å². The molecule has 8 nitrogen and oxygen atoms in total. The molecule has 0 fully saturated rings. The first kappa shape index (κ1) is 27.0. The van der Waals surface area contributed by atoms with Crippen LogP contribution in [0.2, 0.25) is 0 Å². The fourth-order valence-corrected chi connectivity index (χ4v) is 4.89. The Bertz CT molecular complexity index is 1130. The lowest BCUT2D eigenvalue weighted by atomic mass is 9.82. The van der Waals surface area contributed by atoms with E-state index < -0.39 is 23.8 Å². The Labute approximate surface area is 214 Å². The molecule has 0 aromatic heterocycles. The second-order valence-corrected chi connectivity index (χ2v) is 9.59. The van der Waals surface area contributed by atoms with Crippen molar-refractivity contribution in [3.05, 3.63) is 66.2 Å². The number of carboxylic acid groups (broad SMARTS) is 1. The molecular weight excluding hydrogens is 480 g/mol. The van der Waals surface area contributed by atoms with E-state index in [1.165, 1.54) is 11.8 Å². The topological polar surface area (TPSA) is 122 Å². The number of ether oxygens (including phenoxy) is 1. The van der Waals surface area contributed by atoms with Crippen LogP contribution in [0.1, 0.15) is 43.5 Å². The first-order valence-electron chi connectivity index (χ1n) is 11.9. The summed E-state index contributed by atoms with van der Waals surface area (Å²) < 4.78 is 4.97. The predicted octanol–water partition coefficient (Wildman–Crippen LogP) is 4.98. The summed E-state index contributed by atoms with van der Waals surface area (Å²) in [5, 5.41) is 14.8. The van der Waals surface area contributed by atoms with Crippen molar-refractivity contribution in [2.24, 2.45) is 11.8 Å². The number of rotatable bonds is 10. The Morgan fingerprint density at radius 1 is 0.972 bits per heavy atom. The number of aliphatic carboxylic acids is 1. The molecule has 0 bridgehead atoms. The molecule has 190 valence electrons. The average Bonchev–Trinajstić information content (AvgIpc) is 2.88. The molecule has 36 heavy (non-hydrogen) atoms. The van der Waals surface area contributed by atoms with Gasteiger partial charge in [0.25, 0.3) is 0 Å². The molecule has 0 saturated carbocycles. The summed E-state index contributed by atoms with van der Waals surface area (Å²) in [5.74, 6) is -3.27. The van der Waals surface area contributed by atoms with Gasteiger partial charge in [0.2, 0.25) is 11.8 Å². The van der Waals surface area contributed by atoms with Gasteiger partial charge in [-0.3, -0.25) is 14.4 Å². The molecule has 2 aromatic carbocycles. The van der Waals surface area contributed by atoms with E-state index in [0.29, 0.717) is 42.8 Å². The van der Waals surface area contributed by atoms with E-state index in [2.05, 4.69) is 10.6 Å². The Hall–Kier alpha value is -3.59. The number of esters is 1. The van der Waals surface area contributed by atoms with Crippen molar-refractivity contribution >= 4 is 46.9 Å². The van der Waals surface area contributed by atoms with E-state index in [1.807, 2.05) is 19.1 Å². The van der Waals surface area contributed by atoms with E-state index in [4.69, 9.17) is 4.74 Å². The smallest absolute Gasteiger partial charge is 0.338 e. The van der Waals surface area contributed by atoms with Crippen molar-refractivity contribution in [1.29, 1.82) is 0 Å². The molecule has 1 aliphatic carbocycles. The van der Waals surface area contributed by atoms with Crippen LogP contribution in [-0.2, 0) is 19.1 Å². The van der Waals surface area contributed by atoms with Gasteiger partial charge in [0.15, 0.2) is 0 Å². The number of nitrogens with one attached hydrogen (secondary N) is 2. The molecule has 2 amide bonds. The number of hydrogen-bond donors (Lipinski definition) is 3. The minimum Gasteiger partial charge on any atom is -0.481 e. The Morgan fingerprint density at radius 3 is 2.31 bits per heavy atom. The van der Waals surface area contributed by atoms with Crippen molar-refractivity contribution in [2.75, 3.05) is 17.2 Å². The maximum absolute atomic E-state index is 12.9. The summed E-state index contributed by atoms with van der Waals surface area (Å²) in [7, 11) is 0.